The van der Waals surface area contributed by atoms with Gasteiger partial charge in [0.05, 0.1) is 11.4 Å². The molecule has 2 heterocycles. The zero-order chi connectivity index (χ0) is 21.3. The molecule has 4 rings (SSSR count). The molecule has 0 saturated carbocycles. The summed E-state index contributed by atoms with van der Waals surface area (Å²) >= 11 is 1.81. The first-order valence-electron chi connectivity index (χ1n) is 10.6. The van der Waals surface area contributed by atoms with Crippen molar-refractivity contribution in [2.24, 2.45) is 0 Å². The third kappa shape index (κ3) is 4.12. The highest BCUT2D eigenvalue weighted by atomic mass is 32.1. The molecule has 4 nitrogen and oxygen atoms in total. The summed E-state index contributed by atoms with van der Waals surface area (Å²) in [5.41, 5.74) is 6.70. The highest BCUT2D eigenvalue weighted by Gasteiger charge is 2.17. The summed E-state index contributed by atoms with van der Waals surface area (Å²) in [6, 6.07) is 15.0. The highest BCUT2D eigenvalue weighted by Crippen LogP contribution is 2.33. The minimum atomic E-state index is 0.400. The summed E-state index contributed by atoms with van der Waals surface area (Å²) in [7, 11) is 2.08. The second-order valence-electron chi connectivity index (χ2n) is 8.17. The van der Waals surface area contributed by atoms with Crippen molar-refractivity contribution in [3.05, 3.63) is 64.3 Å². The van der Waals surface area contributed by atoms with Crippen molar-refractivity contribution >= 4 is 28.0 Å². The van der Waals surface area contributed by atoms with Crippen molar-refractivity contribution in [2.75, 3.05) is 18.5 Å². The van der Waals surface area contributed by atoms with E-state index >= 15 is 0 Å². The van der Waals surface area contributed by atoms with Gasteiger partial charge in [-0.2, -0.15) is 0 Å². The Kier molecular flexibility index (Phi) is 5.91. The van der Waals surface area contributed by atoms with Crippen molar-refractivity contribution in [3.8, 4) is 10.6 Å². The van der Waals surface area contributed by atoms with Crippen LogP contribution in [-0.4, -0.2) is 23.7 Å². The van der Waals surface area contributed by atoms with Crippen LogP contribution in [0.5, 0.6) is 0 Å². The molecule has 5 heteroatoms. The Morgan fingerprint density at radius 2 is 1.83 bits per heavy atom. The van der Waals surface area contributed by atoms with E-state index in [4.69, 9.17) is 9.51 Å². The standard InChI is InChI=1S/C25H29N3OS/c1-6-28(5)19-11-12-20-21(27-29-22(20)15-19)13-14-23-24(16(2)3)26-25(30-23)18-9-7-17(4)8-10-18/h7-12,15-16H,6,13-14H2,1-5H3. The van der Waals surface area contributed by atoms with E-state index in [1.807, 2.05) is 11.3 Å². The lowest BCUT2D eigenvalue weighted by Gasteiger charge is -2.15. The molecule has 4 aromatic rings. The van der Waals surface area contributed by atoms with E-state index < -0.39 is 0 Å². The molecule has 2 aromatic carbocycles. The second kappa shape index (κ2) is 8.60. The number of thiazole rings is 1. The van der Waals surface area contributed by atoms with Gasteiger partial charge in [0.1, 0.15) is 5.01 Å². The van der Waals surface area contributed by atoms with Crippen LogP contribution in [-0.2, 0) is 12.8 Å². The van der Waals surface area contributed by atoms with Crippen LogP contribution >= 0.6 is 11.3 Å². The van der Waals surface area contributed by atoms with E-state index in [0.717, 1.165) is 46.7 Å². The van der Waals surface area contributed by atoms with E-state index in [1.54, 1.807) is 0 Å². The quantitative estimate of drug-likeness (QED) is 0.337. The molecule has 0 saturated heterocycles. The van der Waals surface area contributed by atoms with Crippen molar-refractivity contribution < 1.29 is 4.52 Å². The van der Waals surface area contributed by atoms with Gasteiger partial charge in [0.25, 0.3) is 0 Å². The molecule has 0 N–H and O–H groups in total. The zero-order valence-electron chi connectivity index (χ0n) is 18.4. The van der Waals surface area contributed by atoms with E-state index in [0.29, 0.717) is 5.92 Å². The van der Waals surface area contributed by atoms with Crippen LogP contribution < -0.4 is 4.90 Å². The summed E-state index contributed by atoms with van der Waals surface area (Å²) in [5, 5.41) is 6.59. The first-order chi connectivity index (χ1) is 14.5. The van der Waals surface area contributed by atoms with Crippen LogP contribution in [0.25, 0.3) is 21.5 Å². The SMILES string of the molecule is CCN(C)c1ccc2c(CCc3sc(-c4ccc(C)cc4)nc3C(C)C)noc2c1. The molecular formula is C25H29N3OS. The van der Waals surface area contributed by atoms with Gasteiger partial charge in [-0.25, -0.2) is 4.98 Å². The van der Waals surface area contributed by atoms with Crippen LogP contribution in [0, 0.1) is 6.92 Å². The normalized spacial score (nSPS) is 11.5. The smallest absolute Gasteiger partial charge is 0.169 e. The molecule has 0 aliphatic carbocycles. The van der Waals surface area contributed by atoms with Crippen molar-refractivity contribution in [3.63, 3.8) is 0 Å². The Balaban J connectivity index is 1.58. The fourth-order valence-corrected chi connectivity index (χ4v) is 4.85. The van der Waals surface area contributed by atoms with E-state index in [9.17, 15) is 0 Å². The predicted octanol–water partition coefficient (Wildman–Crippen LogP) is 6.62. The Morgan fingerprint density at radius 3 is 2.53 bits per heavy atom. The van der Waals surface area contributed by atoms with E-state index in [2.05, 4.69) is 87.3 Å². The maximum absolute atomic E-state index is 5.65. The molecule has 0 spiro atoms. The average Bonchev–Trinajstić information content (AvgIpc) is 3.36. The number of aryl methyl sites for hydroxylation is 3. The monoisotopic (exact) mass is 419 g/mol. The first kappa shape index (κ1) is 20.6. The van der Waals surface area contributed by atoms with Crippen LogP contribution in [0.15, 0.2) is 47.0 Å². The van der Waals surface area contributed by atoms with Crippen LogP contribution in [0.4, 0.5) is 5.69 Å². The number of nitrogens with zero attached hydrogens (tertiary/aromatic N) is 3. The molecular weight excluding hydrogens is 390 g/mol. The second-order valence-corrected chi connectivity index (χ2v) is 9.26. The lowest BCUT2D eigenvalue weighted by molar-refractivity contribution is 0.446. The number of benzene rings is 2. The maximum atomic E-state index is 5.65. The van der Waals surface area contributed by atoms with Gasteiger partial charge in [0, 0.05) is 41.2 Å². The van der Waals surface area contributed by atoms with Crippen LogP contribution in [0.1, 0.15) is 48.5 Å². The molecule has 0 atom stereocenters. The van der Waals surface area contributed by atoms with Crippen LogP contribution in [0.3, 0.4) is 0 Å². The van der Waals surface area contributed by atoms with Gasteiger partial charge in [0.15, 0.2) is 5.58 Å². The Morgan fingerprint density at radius 1 is 1.07 bits per heavy atom. The van der Waals surface area contributed by atoms with Crippen molar-refractivity contribution in [2.45, 2.75) is 46.5 Å². The topological polar surface area (TPSA) is 42.2 Å². The zero-order valence-corrected chi connectivity index (χ0v) is 19.2. The van der Waals surface area contributed by atoms with Gasteiger partial charge < -0.3 is 9.42 Å². The summed E-state index contributed by atoms with van der Waals surface area (Å²) in [4.78, 5) is 8.52. The van der Waals surface area contributed by atoms with Gasteiger partial charge >= 0.3 is 0 Å². The third-order valence-electron chi connectivity index (χ3n) is 5.61. The fourth-order valence-electron chi connectivity index (χ4n) is 3.62. The maximum Gasteiger partial charge on any atom is 0.169 e. The summed E-state index contributed by atoms with van der Waals surface area (Å²) in [6.07, 6.45) is 1.78. The molecule has 0 unspecified atom stereocenters. The van der Waals surface area contributed by atoms with E-state index in [-0.39, 0.29) is 0 Å². The van der Waals surface area contributed by atoms with Gasteiger partial charge in [-0.3, -0.25) is 0 Å². The summed E-state index contributed by atoms with van der Waals surface area (Å²) < 4.78 is 5.65. The summed E-state index contributed by atoms with van der Waals surface area (Å²) in [5.74, 6) is 0.400. The van der Waals surface area contributed by atoms with Crippen LogP contribution in [0.2, 0.25) is 0 Å². The molecule has 30 heavy (non-hydrogen) atoms. The average molecular weight is 420 g/mol. The summed E-state index contributed by atoms with van der Waals surface area (Å²) in [6.45, 7) is 9.65. The number of hydrogen-bond donors (Lipinski definition) is 0. The molecule has 0 fully saturated rings. The van der Waals surface area contributed by atoms with Gasteiger partial charge in [-0.1, -0.05) is 48.8 Å². The number of aromatic nitrogens is 2. The van der Waals surface area contributed by atoms with E-state index in [1.165, 1.54) is 21.7 Å². The van der Waals surface area contributed by atoms with Gasteiger partial charge in [-0.15, -0.1) is 11.3 Å². The number of hydrogen-bond acceptors (Lipinski definition) is 5. The third-order valence-corrected chi connectivity index (χ3v) is 6.79. The Labute approximate surface area is 182 Å². The van der Waals surface area contributed by atoms with Crippen molar-refractivity contribution in [1.29, 1.82) is 0 Å². The molecule has 2 aromatic heterocycles. The minimum absolute atomic E-state index is 0.400. The van der Waals surface area contributed by atoms with Gasteiger partial charge in [0.2, 0.25) is 0 Å². The lowest BCUT2D eigenvalue weighted by Crippen LogP contribution is -2.15. The molecule has 0 radical (unpaired) electrons. The molecule has 0 aliphatic rings. The molecule has 0 aliphatic heterocycles. The largest absolute Gasteiger partial charge is 0.375 e. The fraction of sp³-hybridized carbons (Fsp3) is 0.360. The molecule has 156 valence electrons. The first-order valence-corrected chi connectivity index (χ1v) is 11.4. The minimum Gasteiger partial charge on any atom is -0.375 e. The highest BCUT2D eigenvalue weighted by molar-refractivity contribution is 7.15. The lowest BCUT2D eigenvalue weighted by atomic mass is 10.1. The molecule has 0 bridgehead atoms. The van der Waals surface area contributed by atoms with Crippen molar-refractivity contribution in [1.82, 2.24) is 10.1 Å². The van der Waals surface area contributed by atoms with Gasteiger partial charge in [-0.05, 0) is 44.7 Å². The number of fused-ring (bicyclic) bond motifs is 1. The Hall–Kier alpha value is -2.66. The number of rotatable bonds is 7. The Bertz CT molecular complexity index is 1140. The number of anilines is 1. The predicted molar refractivity (Wildman–Crippen MR) is 127 cm³/mol. The molecule has 0 amide bonds.